The molecule has 0 amide bonds. The number of rotatable bonds is 6. The van der Waals surface area contributed by atoms with Crippen LogP contribution in [-0.2, 0) is 26.2 Å². The van der Waals surface area contributed by atoms with Gasteiger partial charge in [0.15, 0.2) is 11.0 Å². The molecule has 0 saturated carbocycles. The third kappa shape index (κ3) is 4.54. The third-order valence-electron chi connectivity index (χ3n) is 5.37. The highest BCUT2D eigenvalue weighted by atomic mass is 32.2. The van der Waals surface area contributed by atoms with Crippen LogP contribution in [0.4, 0.5) is 13.2 Å². The van der Waals surface area contributed by atoms with Gasteiger partial charge in [-0.25, -0.2) is 0 Å². The lowest BCUT2D eigenvalue weighted by Gasteiger charge is -2.30. The van der Waals surface area contributed by atoms with Crippen LogP contribution in [-0.4, -0.2) is 38.5 Å². The quantitative estimate of drug-likeness (QED) is 0.404. The van der Waals surface area contributed by atoms with Crippen LogP contribution in [0.15, 0.2) is 53.7 Å². The van der Waals surface area contributed by atoms with E-state index in [1.54, 1.807) is 11.8 Å². The molecule has 8 heteroatoms. The molecule has 0 radical (unpaired) electrons. The van der Waals surface area contributed by atoms with Crippen LogP contribution in [0, 0.1) is 0 Å². The summed E-state index contributed by atoms with van der Waals surface area (Å²) in [6.07, 6.45) is -2.76. The normalized spacial score (nSPS) is 14.7. The van der Waals surface area contributed by atoms with Gasteiger partial charge in [-0.3, -0.25) is 4.90 Å². The molecule has 2 heterocycles. The maximum absolute atomic E-state index is 13.3. The van der Waals surface area contributed by atoms with E-state index < -0.39 is 11.7 Å². The lowest BCUT2D eigenvalue weighted by atomic mass is 9.94. The molecule has 1 aliphatic heterocycles. The number of alkyl halides is 3. The van der Waals surface area contributed by atoms with Gasteiger partial charge < -0.3 is 4.57 Å². The van der Waals surface area contributed by atoms with Gasteiger partial charge in [0, 0.05) is 31.5 Å². The summed E-state index contributed by atoms with van der Waals surface area (Å²) >= 11 is 1.63. The Morgan fingerprint density at radius 1 is 1.03 bits per heavy atom. The largest absolute Gasteiger partial charge is 0.416 e. The first kappa shape index (κ1) is 20.9. The molecule has 0 aliphatic carbocycles. The molecule has 1 aromatic heterocycles. The van der Waals surface area contributed by atoms with E-state index in [2.05, 4.69) is 15.1 Å². The number of aromatic nitrogens is 3. The Balaban J connectivity index is 1.32. The molecule has 0 spiro atoms. The highest BCUT2D eigenvalue weighted by Gasteiger charge is 2.35. The van der Waals surface area contributed by atoms with Crippen LogP contribution in [0.25, 0.3) is 11.4 Å². The average Bonchev–Trinajstić information content (AvgIpc) is 3.11. The molecule has 3 aromatic rings. The molecule has 2 aromatic carbocycles. The summed E-state index contributed by atoms with van der Waals surface area (Å²) in [5, 5.41) is 9.41. The minimum atomic E-state index is -4.30. The van der Waals surface area contributed by atoms with Crippen LogP contribution in [0.2, 0.25) is 0 Å². The van der Waals surface area contributed by atoms with Gasteiger partial charge in [0.1, 0.15) is 0 Å². The second kappa shape index (κ2) is 8.81. The molecule has 0 saturated heterocycles. The van der Waals surface area contributed by atoms with Gasteiger partial charge in [0.05, 0.1) is 5.56 Å². The second-order valence-electron chi connectivity index (χ2n) is 7.40. The molecule has 0 bridgehead atoms. The summed E-state index contributed by atoms with van der Waals surface area (Å²) in [6.45, 7) is 1.92. The highest BCUT2D eigenvalue weighted by molar-refractivity contribution is 7.99. The number of hydrogen-bond donors (Lipinski definition) is 0. The van der Waals surface area contributed by atoms with Gasteiger partial charge in [0.25, 0.3) is 0 Å². The van der Waals surface area contributed by atoms with E-state index in [9.17, 15) is 13.2 Å². The Labute approximate surface area is 178 Å². The zero-order chi connectivity index (χ0) is 21.1. The molecule has 4 rings (SSSR count). The van der Waals surface area contributed by atoms with E-state index in [4.69, 9.17) is 0 Å². The maximum Gasteiger partial charge on any atom is 0.416 e. The molecule has 0 unspecified atom stereocenters. The first-order chi connectivity index (χ1) is 14.4. The smallest absolute Gasteiger partial charge is 0.305 e. The molecule has 30 heavy (non-hydrogen) atoms. The molecular weight excluding hydrogens is 409 g/mol. The molecule has 4 nitrogen and oxygen atoms in total. The zero-order valence-electron chi connectivity index (χ0n) is 16.7. The molecule has 0 N–H and O–H groups in total. The average molecular weight is 433 g/mol. The summed E-state index contributed by atoms with van der Waals surface area (Å²) in [5.74, 6) is 1.66. The van der Waals surface area contributed by atoms with Crippen molar-refractivity contribution in [3.8, 4) is 11.4 Å². The predicted molar refractivity (Wildman–Crippen MR) is 112 cm³/mol. The topological polar surface area (TPSA) is 34.0 Å². The third-order valence-corrected chi connectivity index (χ3v) is 6.48. The molecule has 1 aliphatic rings. The first-order valence-electron chi connectivity index (χ1n) is 9.91. The monoisotopic (exact) mass is 432 g/mol. The zero-order valence-corrected chi connectivity index (χ0v) is 17.5. The Hall–Kier alpha value is -2.32. The van der Waals surface area contributed by atoms with Crippen LogP contribution in [0.3, 0.4) is 0 Å². The van der Waals surface area contributed by atoms with Gasteiger partial charge in [-0.15, -0.1) is 10.2 Å². The fourth-order valence-electron chi connectivity index (χ4n) is 3.82. The van der Waals surface area contributed by atoms with Crippen LogP contribution in [0.5, 0.6) is 0 Å². The standard InChI is InChI=1S/C22H23F3N4S/c1-28-20(17-7-3-2-4-8-17)26-27-21(28)30-14-6-12-29-13-11-16-9-5-10-19(18(16)15-29)22(23,24)25/h2-5,7-10H,6,11-15H2,1H3. The highest BCUT2D eigenvalue weighted by Crippen LogP contribution is 2.35. The summed E-state index contributed by atoms with van der Waals surface area (Å²) in [7, 11) is 1.95. The second-order valence-corrected chi connectivity index (χ2v) is 8.46. The summed E-state index contributed by atoms with van der Waals surface area (Å²) in [5.41, 5.74) is 1.78. The van der Waals surface area contributed by atoms with Crippen molar-refractivity contribution in [2.45, 2.75) is 30.7 Å². The van der Waals surface area contributed by atoms with Crippen molar-refractivity contribution in [3.05, 3.63) is 65.2 Å². The molecular formula is C22H23F3N4S. The van der Waals surface area contributed by atoms with Crippen molar-refractivity contribution in [3.63, 3.8) is 0 Å². The molecule has 0 atom stereocenters. The SMILES string of the molecule is Cn1c(SCCCN2CCc3cccc(C(F)(F)F)c3C2)nnc1-c1ccccc1. The van der Waals surface area contributed by atoms with E-state index >= 15 is 0 Å². The summed E-state index contributed by atoms with van der Waals surface area (Å²) in [4.78, 5) is 2.12. The van der Waals surface area contributed by atoms with E-state index in [1.165, 1.54) is 12.1 Å². The van der Waals surface area contributed by atoms with Gasteiger partial charge in [-0.05, 0) is 36.6 Å². The van der Waals surface area contributed by atoms with E-state index in [0.29, 0.717) is 18.5 Å². The fourth-order valence-corrected chi connectivity index (χ4v) is 4.66. The lowest BCUT2D eigenvalue weighted by molar-refractivity contribution is -0.138. The maximum atomic E-state index is 13.3. The van der Waals surface area contributed by atoms with Crippen molar-refractivity contribution in [2.24, 2.45) is 7.05 Å². The van der Waals surface area contributed by atoms with E-state index in [0.717, 1.165) is 47.4 Å². The van der Waals surface area contributed by atoms with Crippen LogP contribution in [0.1, 0.15) is 23.1 Å². The number of nitrogens with zero attached hydrogens (tertiary/aromatic N) is 4. The van der Waals surface area contributed by atoms with Gasteiger partial charge in [-0.2, -0.15) is 13.2 Å². The van der Waals surface area contributed by atoms with Crippen LogP contribution >= 0.6 is 11.8 Å². The van der Waals surface area contributed by atoms with E-state index in [-0.39, 0.29) is 0 Å². The Kier molecular flexibility index (Phi) is 6.15. The summed E-state index contributed by atoms with van der Waals surface area (Å²) < 4.78 is 41.9. The Bertz CT molecular complexity index is 1000. The summed E-state index contributed by atoms with van der Waals surface area (Å²) in [6, 6.07) is 14.4. The fraction of sp³-hybridized carbons (Fsp3) is 0.364. The Morgan fingerprint density at radius 2 is 1.83 bits per heavy atom. The van der Waals surface area contributed by atoms with Gasteiger partial charge in [-0.1, -0.05) is 54.2 Å². The van der Waals surface area contributed by atoms with Crippen molar-refractivity contribution < 1.29 is 13.2 Å². The van der Waals surface area contributed by atoms with Crippen molar-refractivity contribution >= 4 is 11.8 Å². The predicted octanol–water partition coefficient (Wildman–Crippen LogP) is 5.04. The first-order valence-corrected chi connectivity index (χ1v) is 10.9. The van der Waals surface area contributed by atoms with E-state index in [1.807, 2.05) is 48.0 Å². The Morgan fingerprint density at radius 3 is 2.60 bits per heavy atom. The van der Waals surface area contributed by atoms with Crippen molar-refractivity contribution in [2.75, 3.05) is 18.8 Å². The number of thioether (sulfide) groups is 1. The van der Waals surface area contributed by atoms with Crippen LogP contribution < -0.4 is 0 Å². The van der Waals surface area contributed by atoms with Gasteiger partial charge >= 0.3 is 6.18 Å². The minimum absolute atomic E-state index is 0.359. The number of fused-ring (bicyclic) bond motifs is 1. The number of halogens is 3. The van der Waals surface area contributed by atoms with Gasteiger partial charge in [0.2, 0.25) is 0 Å². The lowest BCUT2D eigenvalue weighted by Crippen LogP contribution is -2.33. The van der Waals surface area contributed by atoms with Crippen molar-refractivity contribution in [1.82, 2.24) is 19.7 Å². The number of benzene rings is 2. The molecule has 0 fully saturated rings. The molecule has 158 valence electrons. The van der Waals surface area contributed by atoms with Crippen molar-refractivity contribution in [1.29, 1.82) is 0 Å². The minimum Gasteiger partial charge on any atom is -0.305 e. The number of hydrogen-bond acceptors (Lipinski definition) is 4.